The van der Waals surface area contributed by atoms with Crippen LogP contribution in [0, 0.1) is 0 Å². The van der Waals surface area contributed by atoms with Gasteiger partial charge in [0.2, 0.25) is 17.7 Å². The van der Waals surface area contributed by atoms with Crippen LogP contribution in [0.5, 0.6) is 11.8 Å². The predicted molar refractivity (Wildman–Crippen MR) is 63.3 cm³/mol. The molecule has 0 bridgehead atoms. The lowest BCUT2D eigenvalue weighted by molar-refractivity contribution is -0.115. The Morgan fingerprint density at radius 3 is 2.12 bits per heavy atom. The Balaban J connectivity index is 3.03. The molecule has 0 fully saturated rings. The number of carbonyl (C=O) groups is 1. The summed E-state index contributed by atoms with van der Waals surface area (Å²) in [6, 6.07) is 0. The van der Waals surface area contributed by atoms with Crippen LogP contribution in [-0.2, 0) is 4.79 Å². The molecule has 1 aromatic rings. The first-order valence-corrected chi connectivity index (χ1v) is 5.63. The van der Waals surface area contributed by atoms with Crippen molar-refractivity contribution in [2.45, 2.75) is 27.2 Å². The van der Waals surface area contributed by atoms with Gasteiger partial charge in [0, 0.05) is 6.42 Å². The molecule has 0 aliphatic rings. The van der Waals surface area contributed by atoms with Gasteiger partial charge in [-0.3, -0.25) is 4.79 Å². The van der Waals surface area contributed by atoms with Crippen LogP contribution in [-0.4, -0.2) is 29.1 Å². The molecule has 6 nitrogen and oxygen atoms in total. The van der Waals surface area contributed by atoms with Crippen molar-refractivity contribution >= 4 is 11.6 Å². The molecule has 1 N–H and O–H groups in total. The van der Waals surface area contributed by atoms with E-state index in [4.69, 9.17) is 9.47 Å². The topological polar surface area (TPSA) is 73.3 Å². The van der Waals surface area contributed by atoms with Gasteiger partial charge in [0.15, 0.2) is 5.69 Å². The highest BCUT2D eigenvalue weighted by molar-refractivity contribution is 5.93. The fraction of sp³-hybridized carbons (Fsp3) is 0.545. The van der Waals surface area contributed by atoms with Gasteiger partial charge in [-0.05, 0) is 13.8 Å². The molecule has 6 heteroatoms. The largest absolute Gasteiger partial charge is 0.476 e. The number of anilines is 1. The summed E-state index contributed by atoms with van der Waals surface area (Å²) in [5.74, 6) is 0.516. The first kappa shape index (κ1) is 13.2. The Hall–Kier alpha value is -1.85. The van der Waals surface area contributed by atoms with E-state index in [2.05, 4.69) is 15.3 Å². The summed E-state index contributed by atoms with van der Waals surface area (Å²) in [6.45, 7) is 6.36. The summed E-state index contributed by atoms with van der Waals surface area (Å²) in [6.07, 6.45) is 1.71. The molecular weight excluding hydrogens is 222 g/mol. The van der Waals surface area contributed by atoms with Gasteiger partial charge >= 0.3 is 0 Å². The molecule has 0 unspecified atom stereocenters. The van der Waals surface area contributed by atoms with Crippen LogP contribution in [0.2, 0.25) is 0 Å². The second-order valence-electron chi connectivity index (χ2n) is 3.13. The van der Waals surface area contributed by atoms with Gasteiger partial charge in [-0.2, -0.15) is 9.97 Å². The van der Waals surface area contributed by atoms with Crippen LogP contribution in [0.1, 0.15) is 27.2 Å². The molecule has 0 aliphatic heterocycles. The SMILES string of the molecule is CCOc1ncnc(OCC)c1NC(=O)CC. The third kappa shape index (κ3) is 3.58. The predicted octanol–water partition coefficient (Wildman–Crippen LogP) is 1.62. The third-order valence-corrected chi connectivity index (χ3v) is 1.93. The minimum atomic E-state index is -0.137. The van der Waals surface area contributed by atoms with Crippen molar-refractivity contribution in [2.75, 3.05) is 18.5 Å². The summed E-state index contributed by atoms with van der Waals surface area (Å²) in [5.41, 5.74) is 0.392. The van der Waals surface area contributed by atoms with Crippen molar-refractivity contribution in [1.82, 2.24) is 9.97 Å². The fourth-order valence-electron chi connectivity index (χ4n) is 1.18. The molecule has 0 aliphatic carbocycles. The number of aromatic nitrogens is 2. The summed E-state index contributed by atoms with van der Waals surface area (Å²) in [4.78, 5) is 19.4. The number of ether oxygens (including phenoxy) is 2. The Labute approximate surface area is 100 Å². The number of nitrogens with zero attached hydrogens (tertiary/aromatic N) is 2. The van der Waals surface area contributed by atoms with Crippen molar-refractivity contribution in [3.63, 3.8) is 0 Å². The van der Waals surface area contributed by atoms with E-state index in [1.807, 2.05) is 13.8 Å². The summed E-state index contributed by atoms with van der Waals surface area (Å²) < 4.78 is 10.6. The van der Waals surface area contributed by atoms with E-state index in [-0.39, 0.29) is 5.91 Å². The average Bonchev–Trinajstić information content (AvgIpc) is 2.33. The lowest BCUT2D eigenvalue weighted by atomic mass is 10.4. The highest BCUT2D eigenvalue weighted by atomic mass is 16.5. The number of carbonyl (C=O) groups excluding carboxylic acids is 1. The quantitative estimate of drug-likeness (QED) is 0.816. The van der Waals surface area contributed by atoms with Crippen molar-refractivity contribution < 1.29 is 14.3 Å². The van der Waals surface area contributed by atoms with Gasteiger partial charge in [0.1, 0.15) is 6.33 Å². The van der Waals surface area contributed by atoms with Gasteiger partial charge < -0.3 is 14.8 Å². The molecule has 0 atom stereocenters. The van der Waals surface area contributed by atoms with E-state index < -0.39 is 0 Å². The van der Waals surface area contributed by atoms with E-state index in [9.17, 15) is 4.79 Å². The van der Waals surface area contributed by atoms with Crippen molar-refractivity contribution in [3.05, 3.63) is 6.33 Å². The van der Waals surface area contributed by atoms with E-state index in [0.717, 1.165) is 0 Å². The van der Waals surface area contributed by atoms with Gasteiger partial charge in [0.25, 0.3) is 0 Å². The van der Waals surface area contributed by atoms with Crippen LogP contribution in [0.3, 0.4) is 0 Å². The number of hydrogen-bond acceptors (Lipinski definition) is 5. The summed E-state index contributed by atoms with van der Waals surface area (Å²) >= 11 is 0. The molecule has 0 radical (unpaired) electrons. The van der Waals surface area contributed by atoms with E-state index in [1.54, 1.807) is 6.92 Å². The second kappa shape index (κ2) is 6.67. The standard InChI is InChI=1S/C11H17N3O3/c1-4-8(15)14-9-10(16-5-2)12-7-13-11(9)17-6-3/h7H,4-6H2,1-3H3,(H,14,15). The van der Waals surface area contributed by atoms with Crippen LogP contribution in [0.4, 0.5) is 5.69 Å². The molecule has 1 amide bonds. The Morgan fingerprint density at radius 2 is 1.71 bits per heavy atom. The van der Waals surface area contributed by atoms with Crippen LogP contribution in [0.15, 0.2) is 6.33 Å². The Bertz CT molecular complexity index is 358. The molecule has 0 saturated carbocycles. The average molecular weight is 239 g/mol. The maximum absolute atomic E-state index is 11.4. The van der Waals surface area contributed by atoms with E-state index >= 15 is 0 Å². The van der Waals surface area contributed by atoms with Crippen LogP contribution < -0.4 is 14.8 Å². The fourth-order valence-corrected chi connectivity index (χ4v) is 1.18. The molecule has 1 aromatic heterocycles. The van der Waals surface area contributed by atoms with E-state index in [0.29, 0.717) is 37.1 Å². The van der Waals surface area contributed by atoms with Gasteiger partial charge in [-0.25, -0.2) is 0 Å². The number of hydrogen-bond donors (Lipinski definition) is 1. The third-order valence-electron chi connectivity index (χ3n) is 1.93. The van der Waals surface area contributed by atoms with Crippen molar-refractivity contribution in [3.8, 4) is 11.8 Å². The highest BCUT2D eigenvalue weighted by Gasteiger charge is 2.15. The monoisotopic (exact) mass is 239 g/mol. The highest BCUT2D eigenvalue weighted by Crippen LogP contribution is 2.30. The van der Waals surface area contributed by atoms with Crippen LogP contribution in [0.25, 0.3) is 0 Å². The zero-order chi connectivity index (χ0) is 12.7. The summed E-state index contributed by atoms with van der Waals surface area (Å²) in [7, 11) is 0. The molecular formula is C11H17N3O3. The first-order chi connectivity index (χ1) is 8.22. The molecule has 0 saturated heterocycles. The first-order valence-electron chi connectivity index (χ1n) is 5.63. The number of nitrogens with one attached hydrogen (secondary N) is 1. The smallest absolute Gasteiger partial charge is 0.245 e. The lowest BCUT2D eigenvalue weighted by Gasteiger charge is -2.13. The maximum atomic E-state index is 11.4. The number of rotatable bonds is 6. The second-order valence-corrected chi connectivity index (χ2v) is 3.13. The molecule has 94 valence electrons. The number of amides is 1. The van der Waals surface area contributed by atoms with Crippen LogP contribution >= 0.6 is 0 Å². The molecule has 17 heavy (non-hydrogen) atoms. The minimum absolute atomic E-state index is 0.137. The van der Waals surface area contributed by atoms with Gasteiger partial charge in [0.05, 0.1) is 13.2 Å². The van der Waals surface area contributed by atoms with Gasteiger partial charge in [-0.15, -0.1) is 0 Å². The van der Waals surface area contributed by atoms with Crippen molar-refractivity contribution in [2.24, 2.45) is 0 Å². The minimum Gasteiger partial charge on any atom is -0.476 e. The van der Waals surface area contributed by atoms with E-state index in [1.165, 1.54) is 6.33 Å². The lowest BCUT2D eigenvalue weighted by Crippen LogP contribution is -2.14. The normalized spacial score (nSPS) is 9.82. The zero-order valence-corrected chi connectivity index (χ0v) is 10.3. The molecule has 0 spiro atoms. The zero-order valence-electron chi connectivity index (χ0n) is 10.3. The Kier molecular flexibility index (Phi) is 5.19. The molecule has 0 aromatic carbocycles. The maximum Gasteiger partial charge on any atom is 0.245 e. The molecule has 1 rings (SSSR count). The van der Waals surface area contributed by atoms with Gasteiger partial charge in [-0.1, -0.05) is 6.92 Å². The molecule has 1 heterocycles. The Morgan fingerprint density at radius 1 is 1.18 bits per heavy atom. The summed E-state index contributed by atoms with van der Waals surface area (Å²) in [5, 5.41) is 2.68. The van der Waals surface area contributed by atoms with Crippen molar-refractivity contribution in [1.29, 1.82) is 0 Å².